The third-order valence-corrected chi connectivity index (χ3v) is 3.21. The molecule has 0 unspecified atom stereocenters. The summed E-state index contributed by atoms with van der Waals surface area (Å²) >= 11 is 0. The van der Waals surface area contributed by atoms with Gasteiger partial charge in [0.1, 0.15) is 6.61 Å². The number of hydrogen-bond acceptors (Lipinski definition) is 5. The minimum atomic E-state index is -0.0877. The van der Waals surface area contributed by atoms with Gasteiger partial charge >= 0.3 is 0 Å². The van der Waals surface area contributed by atoms with Crippen LogP contribution in [0.25, 0.3) is 0 Å². The monoisotopic (exact) mass is 292 g/mol. The van der Waals surface area contributed by atoms with Crippen molar-refractivity contribution >= 4 is 0 Å². The summed E-state index contributed by atoms with van der Waals surface area (Å²) in [6.45, 7) is 3.15. The van der Waals surface area contributed by atoms with Crippen LogP contribution in [-0.4, -0.2) is 28.9 Å². The van der Waals surface area contributed by atoms with E-state index in [2.05, 4.69) is 4.98 Å². The molecule has 1 aromatic carbocycles. The van der Waals surface area contributed by atoms with Crippen molar-refractivity contribution in [3.05, 3.63) is 35.9 Å². The van der Waals surface area contributed by atoms with E-state index in [9.17, 15) is 5.11 Å². The number of rotatable bonds is 7. The first-order valence-electron chi connectivity index (χ1n) is 6.71. The predicted molar refractivity (Wildman–Crippen MR) is 77.7 cm³/mol. The zero-order valence-electron chi connectivity index (χ0n) is 12.5. The molecule has 0 aliphatic carbocycles. The van der Waals surface area contributed by atoms with Gasteiger partial charge in [0.25, 0.3) is 0 Å². The smallest absolute Gasteiger partial charge is 0.203 e. The van der Waals surface area contributed by atoms with Crippen LogP contribution in [0.5, 0.6) is 17.2 Å². The first-order valence-corrected chi connectivity index (χ1v) is 6.71. The van der Waals surface area contributed by atoms with E-state index in [0.29, 0.717) is 29.4 Å². The van der Waals surface area contributed by atoms with Crippen LogP contribution in [0.3, 0.4) is 0 Å². The highest BCUT2D eigenvalue weighted by Crippen LogP contribution is 2.39. The van der Waals surface area contributed by atoms with E-state index < -0.39 is 0 Å². The summed E-state index contributed by atoms with van der Waals surface area (Å²) in [5.41, 5.74) is 1.67. The Balaban J connectivity index is 2.26. The van der Waals surface area contributed by atoms with Gasteiger partial charge in [-0.05, 0) is 24.6 Å². The summed E-state index contributed by atoms with van der Waals surface area (Å²) in [6.07, 6.45) is 3.53. The van der Waals surface area contributed by atoms with Gasteiger partial charge in [-0.15, -0.1) is 0 Å². The van der Waals surface area contributed by atoms with Gasteiger partial charge in [-0.2, -0.15) is 0 Å². The van der Waals surface area contributed by atoms with E-state index in [1.54, 1.807) is 38.9 Å². The highest BCUT2D eigenvalue weighted by Gasteiger charge is 2.15. The molecule has 1 N–H and O–H groups in total. The first kappa shape index (κ1) is 15.2. The van der Waals surface area contributed by atoms with Crippen LogP contribution in [0.4, 0.5) is 0 Å². The largest absolute Gasteiger partial charge is 0.493 e. The topological polar surface area (TPSA) is 65.7 Å². The second-order valence-corrected chi connectivity index (χ2v) is 4.45. The zero-order valence-corrected chi connectivity index (χ0v) is 12.5. The molecule has 0 aliphatic rings. The van der Waals surface area contributed by atoms with Gasteiger partial charge in [0.05, 0.1) is 39.0 Å². The quantitative estimate of drug-likeness (QED) is 0.845. The molecule has 1 heterocycles. The Morgan fingerprint density at radius 3 is 2.38 bits per heavy atom. The predicted octanol–water partition coefficient (Wildman–Crippen LogP) is 1.99. The third kappa shape index (κ3) is 3.28. The normalized spacial score (nSPS) is 10.5. The highest BCUT2D eigenvalue weighted by atomic mass is 16.5. The highest BCUT2D eigenvalue weighted by molar-refractivity contribution is 5.53. The van der Waals surface area contributed by atoms with Crippen molar-refractivity contribution in [3.8, 4) is 17.2 Å². The van der Waals surface area contributed by atoms with Crippen molar-refractivity contribution in [2.24, 2.45) is 0 Å². The fourth-order valence-electron chi connectivity index (χ4n) is 2.07. The maximum Gasteiger partial charge on any atom is 0.203 e. The van der Waals surface area contributed by atoms with Gasteiger partial charge in [0.2, 0.25) is 5.75 Å². The Morgan fingerprint density at radius 1 is 1.19 bits per heavy atom. The number of nitrogens with zero attached hydrogens (tertiary/aromatic N) is 2. The van der Waals surface area contributed by atoms with Crippen molar-refractivity contribution in [3.63, 3.8) is 0 Å². The molecule has 6 heteroatoms. The molecular weight excluding hydrogens is 272 g/mol. The standard InChI is InChI=1S/C15H20N2O4/c1-4-17-10-16-7-12(17)9-21-15-13(19-2)5-11(8-18)6-14(15)20-3/h5-7,10,18H,4,8-9H2,1-3H3. The number of aromatic nitrogens is 2. The lowest BCUT2D eigenvalue weighted by Gasteiger charge is -2.16. The Kier molecular flexibility index (Phi) is 5.05. The number of aliphatic hydroxyl groups excluding tert-OH is 1. The van der Waals surface area contributed by atoms with Crippen LogP contribution in [0.1, 0.15) is 18.2 Å². The Hall–Kier alpha value is -2.21. The van der Waals surface area contributed by atoms with Gasteiger partial charge in [0, 0.05) is 6.54 Å². The average Bonchev–Trinajstić information content (AvgIpc) is 2.99. The van der Waals surface area contributed by atoms with Gasteiger partial charge in [-0.3, -0.25) is 0 Å². The summed E-state index contributed by atoms with van der Waals surface area (Å²) in [4.78, 5) is 4.11. The number of aryl methyl sites for hydroxylation is 1. The van der Waals surface area contributed by atoms with Gasteiger partial charge in [-0.1, -0.05) is 0 Å². The molecule has 0 saturated heterocycles. The Morgan fingerprint density at radius 2 is 1.86 bits per heavy atom. The minimum absolute atomic E-state index is 0.0877. The molecule has 0 spiro atoms. The first-order chi connectivity index (χ1) is 10.2. The summed E-state index contributed by atoms with van der Waals surface area (Å²) < 4.78 is 18.5. The van der Waals surface area contributed by atoms with Crippen LogP contribution in [0.15, 0.2) is 24.7 Å². The van der Waals surface area contributed by atoms with E-state index in [4.69, 9.17) is 14.2 Å². The van der Waals surface area contributed by atoms with Gasteiger partial charge in [0.15, 0.2) is 11.5 Å². The van der Waals surface area contributed by atoms with Crippen LogP contribution in [0, 0.1) is 0 Å². The molecule has 0 bridgehead atoms. The molecule has 2 aromatic rings. The number of imidazole rings is 1. The molecule has 0 radical (unpaired) electrons. The lowest BCUT2D eigenvalue weighted by molar-refractivity contribution is 0.254. The SMILES string of the molecule is CCn1cncc1COc1c(OC)cc(CO)cc1OC. The molecule has 0 amide bonds. The van der Waals surface area contributed by atoms with E-state index in [1.807, 2.05) is 11.5 Å². The van der Waals surface area contributed by atoms with Crippen LogP contribution in [-0.2, 0) is 19.8 Å². The van der Waals surface area contributed by atoms with Crippen LogP contribution in [0.2, 0.25) is 0 Å². The minimum Gasteiger partial charge on any atom is -0.493 e. The van der Waals surface area contributed by atoms with E-state index in [1.165, 1.54) is 0 Å². The van der Waals surface area contributed by atoms with Crippen molar-refractivity contribution in [2.75, 3.05) is 14.2 Å². The Bertz CT molecular complexity index is 570. The summed E-state index contributed by atoms with van der Waals surface area (Å²) in [7, 11) is 3.11. The number of hydrogen-bond donors (Lipinski definition) is 1. The van der Waals surface area contributed by atoms with Crippen molar-refractivity contribution in [1.29, 1.82) is 0 Å². The molecular formula is C15H20N2O4. The van der Waals surface area contributed by atoms with Gasteiger partial charge < -0.3 is 23.9 Å². The molecule has 1 aromatic heterocycles. The van der Waals surface area contributed by atoms with Crippen molar-refractivity contribution in [1.82, 2.24) is 9.55 Å². The second kappa shape index (κ2) is 6.99. The van der Waals surface area contributed by atoms with Crippen molar-refractivity contribution in [2.45, 2.75) is 26.7 Å². The van der Waals surface area contributed by atoms with Crippen LogP contribution < -0.4 is 14.2 Å². The van der Waals surface area contributed by atoms with Crippen molar-refractivity contribution < 1.29 is 19.3 Å². The van der Waals surface area contributed by atoms with E-state index in [0.717, 1.165) is 12.2 Å². The van der Waals surface area contributed by atoms with Crippen LogP contribution >= 0.6 is 0 Å². The fourth-order valence-corrected chi connectivity index (χ4v) is 2.07. The summed E-state index contributed by atoms with van der Waals surface area (Å²) in [6, 6.07) is 3.46. The number of benzene rings is 1. The van der Waals surface area contributed by atoms with E-state index in [-0.39, 0.29) is 6.61 Å². The molecule has 0 saturated carbocycles. The van der Waals surface area contributed by atoms with Gasteiger partial charge in [-0.25, -0.2) is 4.98 Å². The second-order valence-electron chi connectivity index (χ2n) is 4.45. The molecule has 0 atom stereocenters. The maximum absolute atomic E-state index is 9.25. The summed E-state index contributed by atoms with van der Waals surface area (Å²) in [5, 5.41) is 9.25. The average molecular weight is 292 g/mol. The third-order valence-electron chi connectivity index (χ3n) is 3.21. The van der Waals surface area contributed by atoms with E-state index >= 15 is 0 Å². The Labute approximate surface area is 123 Å². The molecule has 21 heavy (non-hydrogen) atoms. The molecule has 0 fully saturated rings. The molecule has 2 rings (SSSR count). The number of ether oxygens (including phenoxy) is 3. The number of aliphatic hydroxyl groups is 1. The fraction of sp³-hybridized carbons (Fsp3) is 0.400. The molecule has 114 valence electrons. The number of methoxy groups -OCH3 is 2. The zero-order chi connectivity index (χ0) is 15.2. The maximum atomic E-state index is 9.25. The lowest BCUT2D eigenvalue weighted by Crippen LogP contribution is -2.05. The molecule has 6 nitrogen and oxygen atoms in total. The molecule has 0 aliphatic heterocycles. The summed E-state index contributed by atoms with van der Waals surface area (Å²) in [5.74, 6) is 1.57. The lowest BCUT2D eigenvalue weighted by atomic mass is 10.2.